The molecule has 0 spiro atoms. The molecule has 1 N–H and O–H groups in total. The highest BCUT2D eigenvalue weighted by Crippen LogP contribution is 2.23. The number of rotatable bonds is 3. The summed E-state index contributed by atoms with van der Waals surface area (Å²) in [4.78, 5) is 34.3. The van der Waals surface area contributed by atoms with E-state index in [1.54, 1.807) is 0 Å². The van der Waals surface area contributed by atoms with E-state index >= 15 is 0 Å². The third-order valence-corrected chi connectivity index (χ3v) is 4.24. The second-order valence-electron chi connectivity index (χ2n) is 5.68. The number of amides is 1. The molecular weight excluding hydrogens is 336 g/mol. The van der Waals surface area contributed by atoms with Gasteiger partial charge in [0.1, 0.15) is 0 Å². The molecule has 1 fully saturated rings. The number of non-ortho nitro benzene ring substituents is 2. The molecule has 0 bridgehead atoms. The molecule has 1 saturated heterocycles. The first-order valence-electron chi connectivity index (χ1n) is 7.32. The SMILES string of the molecule is CC1CCN(C(=S)NC(=O)c2cc([N+](=O)[O-])cc([N+](=O)[O-])c2)CC1. The number of carbonyl (C=O) groups is 1. The van der Waals surface area contributed by atoms with Gasteiger partial charge in [-0.1, -0.05) is 6.92 Å². The van der Waals surface area contributed by atoms with Crippen LogP contribution < -0.4 is 5.32 Å². The van der Waals surface area contributed by atoms with E-state index in [9.17, 15) is 25.0 Å². The van der Waals surface area contributed by atoms with Gasteiger partial charge in [0.15, 0.2) is 5.11 Å². The van der Waals surface area contributed by atoms with E-state index < -0.39 is 27.1 Å². The predicted octanol–water partition coefficient (Wildman–Crippen LogP) is 2.25. The molecule has 0 aromatic heterocycles. The van der Waals surface area contributed by atoms with Gasteiger partial charge >= 0.3 is 0 Å². The summed E-state index contributed by atoms with van der Waals surface area (Å²) in [5.74, 6) is -0.107. The number of carbonyl (C=O) groups excluding carboxylic acids is 1. The number of likely N-dealkylation sites (tertiary alicyclic amines) is 1. The normalized spacial score (nSPS) is 15.0. The molecular formula is C14H16N4O5S. The zero-order chi connectivity index (χ0) is 17.9. The van der Waals surface area contributed by atoms with E-state index in [0.29, 0.717) is 5.92 Å². The predicted molar refractivity (Wildman–Crippen MR) is 89.8 cm³/mol. The first-order valence-corrected chi connectivity index (χ1v) is 7.73. The number of hydrogen-bond acceptors (Lipinski definition) is 6. The molecule has 0 radical (unpaired) electrons. The van der Waals surface area contributed by atoms with Crippen LogP contribution in [0, 0.1) is 26.1 Å². The largest absolute Gasteiger partial charge is 0.349 e. The van der Waals surface area contributed by atoms with Gasteiger partial charge in [-0.25, -0.2) is 0 Å². The third kappa shape index (κ3) is 4.22. The van der Waals surface area contributed by atoms with E-state index in [1.807, 2.05) is 4.90 Å². The van der Waals surface area contributed by atoms with Crippen molar-refractivity contribution < 1.29 is 14.6 Å². The van der Waals surface area contributed by atoms with Crippen molar-refractivity contribution in [2.45, 2.75) is 19.8 Å². The fourth-order valence-corrected chi connectivity index (χ4v) is 2.67. The molecule has 1 heterocycles. The lowest BCUT2D eigenvalue weighted by atomic mass is 10.00. The maximum Gasteiger partial charge on any atom is 0.277 e. The van der Waals surface area contributed by atoms with E-state index in [-0.39, 0.29) is 10.7 Å². The Bertz CT molecular complexity index is 668. The summed E-state index contributed by atoms with van der Waals surface area (Å²) in [7, 11) is 0. The fourth-order valence-electron chi connectivity index (χ4n) is 2.40. The molecule has 9 nitrogen and oxygen atoms in total. The van der Waals surface area contributed by atoms with Crippen molar-refractivity contribution in [2.75, 3.05) is 13.1 Å². The highest BCUT2D eigenvalue weighted by Gasteiger charge is 2.23. The van der Waals surface area contributed by atoms with Crippen LogP contribution in [0.3, 0.4) is 0 Å². The van der Waals surface area contributed by atoms with Gasteiger partial charge < -0.3 is 4.90 Å². The van der Waals surface area contributed by atoms with E-state index in [0.717, 1.165) is 44.1 Å². The lowest BCUT2D eigenvalue weighted by molar-refractivity contribution is -0.394. The Balaban J connectivity index is 2.15. The molecule has 2 rings (SSSR count). The van der Waals surface area contributed by atoms with E-state index in [4.69, 9.17) is 12.2 Å². The van der Waals surface area contributed by atoms with Crippen molar-refractivity contribution in [3.05, 3.63) is 44.0 Å². The fraction of sp³-hybridized carbons (Fsp3) is 0.429. The number of nitrogens with one attached hydrogen (secondary N) is 1. The first kappa shape index (κ1) is 17.7. The van der Waals surface area contributed by atoms with Crippen LogP contribution in [0.2, 0.25) is 0 Å². The summed E-state index contributed by atoms with van der Waals surface area (Å²) in [6, 6.07) is 2.79. The first-order chi connectivity index (χ1) is 11.3. The Morgan fingerprint density at radius 1 is 1.17 bits per heavy atom. The summed E-state index contributed by atoms with van der Waals surface area (Å²) in [5.41, 5.74) is -1.22. The summed E-state index contributed by atoms with van der Waals surface area (Å²) < 4.78 is 0. The Hall–Kier alpha value is -2.62. The Kier molecular flexibility index (Phi) is 5.39. The maximum atomic E-state index is 12.2. The number of benzene rings is 1. The van der Waals surface area contributed by atoms with Crippen LogP contribution in [0.5, 0.6) is 0 Å². The molecule has 128 valence electrons. The molecule has 1 aliphatic heterocycles. The summed E-state index contributed by atoms with van der Waals surface area (Å²) in [6.07, 6.45) is 1.91. The second-order valence-corrected chi connectivity index (χ2v) is 6.07. The van der Waals surface area contributed by atoms with Gasteiger partial charge in [-0.05, 0) is 31.0 Å². The van der Waals surface area contributed by atoms with Crippen LogP contribution in [-0.4, -0.2) is 38.9 Å². The molecule has 0 aliphatic carbocycles. The molecule has 1 aliphatic rings. The Labute approximate surface area is 142 Å². The minimum atomic E-state index is -0.784. The van der Waals surface area contributed by atoms with Crippen molar-refractivity contribution in [1.29, 1.82) is 0 Å². The Morgan fingerprint density at radius 3 is 2.12 bits per heavy atom. The van der Waals surface area contributed by atoms with Crippen molar-refractivity contribution in [3.63, 3.8) is 0 Å². The number of nitro groups is 2. The number of nitrogens with zero attached hydrogens (tertiary/aromatic N) is 3. The summed E-state index contributed by atoms with van der Waals surface area (Å²) in [6.45, 7) is 3.58. The average Bonchev–Trinajstić information content (AvgIpc) is 2.54. The molecule has 10 heteroatoms. The maximum absolute atomic E-state index is 12.2. The summed E-state index contributed by atoms with van der Waals surface area (Å²) in [5, 5.41) is 24.4. The minimum absolute atomic E-state index is 0.177. The summed E-state index contributed by atoms with van der Waals surface area (Å²) >= 11 is 5.18. The van der Waals surface area contributed by atoms with E-state index in [2.05, 4.69) is 12.2 Å². The van der Waals surface area contributed by atoms with Gasteiger partial charge in [0.05, 0.1) is 21.5 Å². The number of nitro benzene ring substituents is 2. The molecule has 1 amide bonds. The van der Waals surface area contributed by atoms with Crippen LogP contribution in [0.4, 0.5) is 11.4 Å². The van der Waals surface area contributed by atoms with Crippen LogP contribution >= 0.6 is 12.2 Å². The standard InChI is InChI=1S/C14H16N4O5S/c1-9-2-4-16(5-3-9)14(24)15-13(19)10-6-11(17(20)21)8-12(7-10)18(22)23/h6-9H,2-5H2,1H3,(H,15,19,24). The van der Waals surface area contributed by atoms with Gasteiger partial charge in [-0.2, -0.15) is 0 Å². The molecule has 0 atom stereocenters. The lowest BCUT2D eigenvalue weighted by Crippen LogP contribution is -2.46. The monoisotopic (exact) mass is 352 g/mol. The zero-order valence-corrected chi connectivity index (χ0v) is 13.7. The molecule has 1 aromatic carbocycles. The van der Waals surface area contributed by atoms with Gasteiger partial charge in [0.2, 0.25) is 0 Å². The van der Waals surface area contributed by atoms with Crippen molar-refractivity contribution in [1.82, 2.24) is 10.2 Å². The van der Waals surface area contributed by atoms with Crippen LogP contribution in [0.25, 0.3) is 0 Å². The second kappa shape index (κ2) is 7.30. The molecule has 0 saturated carbocycles. The third-order valence-electron chi connectivity index (χ3n) is 3.88. The van der Waals surface area contributed by atoms with Gasteiger partial charge in [-0.3, -0.25) is 30.3 Å². The minimum Gasteiger partial charge on any atom is -0.349 e. The van der Waals surface area contributed by atoms with Gasteiger partial charge in [0, 0.05) is 25.2 Å². The van der Waals surface area contributed by atoms with Crippen molar-refractivity contribution in [2.24, 2.45) is 5.92 Å². The highest BCUT2D eigenvalue weighted by molar-refractivity contribution is 7.80. The molecule has 0 unspecified atom stereocenters. The smallest absolute Gasteiger partial charge is 0.277 e. The lowest BCUT2D eigenvalue weighted by Gasteiger charge is -2.32. The molecule has 24 heavy (non-hydrogen) atoms. The van der Waals surface area contributed by atoms with Crippen molar-refractivity contribution in [3.8, 4) is 0 Å². The quantitative estimate of drug-likeness (QED) is 0.503. The number of thiocarbonyl (C=S) groups is 1. The zero-order valence-electron chi connectivity index (χ0n) is 12.9. The van der Waals surface area contributed by atoms with Crippen molar-refractivity contribution >= 4 is 34.6 Å². The average molecular weight is 352 g/mol. The van der Waals surface area contributed by atoms with Crippen LogP contribution in [0.15, 0.2) is 18.2 Å². The topological polar surface area (TPSA) is 119 Å². The van der Waals surface area contributed by atoms with Crippen LogP contribution in [0.1, 0.15) is 30.1 Å². The van der Waals surface area contributed by atoms with E-state index in [1.165, 1.54) is 0 Å². The highest BCUT2D eigenvalue weighted by atomic mass is 32.1. The molecule has 1 aromatic rings. The van der Waals surface area contributed by atoms with Crippen LogP contribution in [-0.2, 0) is 0 Å². The van der Waals surface area contributed by atoms with Gasteiger partial charge in [-0.15, -0.1) is 0 Å². The number of piperidine rings is 1. The Morgan fingerprint density at radius 2 is 1.67 bits per heavy atom. The number of hydrogen-bond donors (Lipinski definition) is 1. The van der Waals surface area contributed by atoms with Gasteiger partial charge in [0.25, 0.3) is 17.3 Å².